The van der Waals surface area contributed by atoms with Crippen LogP contribution in [0.15, 0.2) is 0 Å². The molecular formula is C12H21N5O. The SMILES string of the molecule is Cc1n[nH]nc1C(=O)N[C@@H](C)C1CCN(C)CC1. The number of rotatable bonds is 3. The van der Waals surface area contributed by atoms with Crippen molar-refractivity contribution in [1.29, 1.82) is 0 Å². The number of aromatic amines is 1. The van der Waals surface area contributed by atoms with Gasteiger partial charge in [0.25, 0.3) is 5.91 Å². The molecule has 1 atom stereocenters. The summed E-state index contributed by atoms with van der Waals surface area (Å²) >= 11 is 0. The monoisotopic (exact) mass is 251 g/mol. The number of hydrogen-bond acceptors (Lipinski definition) is 4. The first kappa shape index (κ1) is 13.0. The van der Waals surface area contributed by atoms with E-state index >= 15 is 0 Å². The van der Waals surface area contributed by atoms with Gasteiger partial charge in [-0.15, -0.1) is 0 Å². The second kappa shape index (κ2) is 5.48. The Balaban J connectivity index is 1.89. The lowest BCUT2D eigenvalue weighted by Crippen LogP contribution is -2.43. The minimum absolute atomic E-state index is 0.132. The number of carbonyl (C=O) groups is 1. The Kier molecular flexibility index (Phi) is 3.96. The summed E-state index contributed by atoms with van der Waals surface area (Å²) in [6, 6.07) is 0.183. The standard InChI is InChI=1S/C12H21N5O/c1-8(10-4-6-17(3)7-5-10)13-12(18)11-9(2)14-16-15-11/h8,10H,4-7H2,1-3H3,(H,13,18)(H,14,15,16)/t8-/m0/s1. The molecule has 0 bridgehead atoms. The van der Waals surface area contributed by atoms with Gasteiger partial charge in [-0.1, -0.05) is 0 Å². The number of nitrogens with zero attached hydrogens (tertiary/aromatic N) is 3. The molecule has 18 heavy (non-hydrogen) atoms. The Morgan fingerprint density at radius 1 is 1.44 bits per heavy atom. The number of hydrogen-bond donors (Lipinski definition) is 2. The van der Waals surface area contributed by atoms with Crippen molar-refractivity contribution in [3.8, 4) is 0 Å². The molecule has 1 aromatic rings. The Hall–Kier alpha value is -1.43. The highest BCUT2D eigenvalue weighted by Gasteiger charge is 2.24. The van der Waals surface area contributed by atoms with Crippen LogP contribution in [0.3, 0.4) is 0 Å². The lowest BCUT2D eigenvalue weighted by atomic mass is 9.90. The molecule has 6 heteroatoms. The fourth-order valence-electron chi connectivity index (χ4n) is 2.42. The summed E-state index contributed by atoms with van der Waals surface area (Å²) in [6.07, 6.45) is 2.27. The van der Waals surface area contributed by atoms with Crippen LogP contribution in [0.25, 0.3) is 0 Å². The highest BCUT2D eigenvalue weighted by atomic mass is 16.2. The van der Waals surface area contributed by atoms with E-state index in [9.17, 15) is 4.79 Å². The number of H-pyrrole nitrogens is 1. The van der Waals surface area contributed by atoms with E-state index in [0.717, 1.165) is 25.9 Å². The summed E-state index contributed by atoms with van der Waals surface area (Å²) in [6.45, 7) is 6.06. The third-order valence-electron chi connectivity index (χ3n) is 3.77. The largest absolute Gasteiger partial charge is 0.348 e. The molecular weight excluding hydrogens is 230 g/mol. The van der Waals surface area contributed by atoms with Crippen LogP contribution >= 0.6 is 0 Å². The predicted octanol–water partition coefficient (Wildman–Crippen LogP) is 0.573. The maximum Gasteiger partial charge on any atom is 0.273 e. The third kappa shape index (κ3) is 2.87. The van der Waals surface area contributed by atoms with Gasteiger partial charge in [0.15, 0.2) is 5.69 Å². The minimum atomic E-state index is -0.132. The zero-order chi connectivity index (χ0) is 13.1. The number of nitrogens with one attached hydrogen (secondary N) is 2. The molecule has 0 spiro atoms. The molecule has 1 aliphatic rings. The molecule has 1 aromatic heterocycles. The van der Waals surface area contributed by atoms with Crippen molar-refractivity contribution in [3.63, 3.8) is 0 Å². The van der Waals surface area contributed by atoms with E-state index in [0.29, 0.717) is 17.3 Å². The third-order valence-corrected chi connectivity index (χ3v) is 3.77. The molecule has 0 aliphatic carbocycles. The molecule has 0 aromatic carbocycles. The van der Waals surface area contributed by atoms with Gasteiger partial charge in [-0.2, -0.15) is 15.4 Å². The molecule has 100 valence electrons. The molecule has 6 nitrogen and oxygen atoms in total. The lowest BCUT2D eigenvalue weighted by molar-refractivity contribution is 0.0903. The summed E-state index contributed by atoms with van der Waals surface area (Å²) in [5.41, 5.74) is 1.04. The molecule has 0 unspecified atom stereocenters. The highest BCUT2D eigenvalue weighted by Crippen LogP contribution is 2.19. The topological polar surface area (TPSA) is 73.9 Å². The van der Waals surface area contributed by atoms with Crippen LogP contribution in [0.1, 0.15) is 35.9 Å². The summed E-state index contributed by atoms with van der Waals surface area (Å²) in [5.74, 6) is 0.421. The molecule has 0 saturated carbocycles. The number of amides is 1. The van der Waals surface area contributed by atoms with Crippen molar-refractivity contribution in [2.45, 2.75) is 32.7 Å². The van der Waals surface area contributed by atoms with Crippen LogP contribution in [0.4, 0.5) is 0 Å². The first-order valence-corrected chi connectivity index (χ1v) is 6.44. The minimum Gasteiger partial charge on any atom is -0.348 e. The Morgan fingerprint density at radius 3 is 2.67 bits per heavy atom. The molecule has 2 rings (SSSR count). The summed E-state index contributed by atoms with van der Waals surface area (Å²) in [5, 5.41) is 13.2. The highest BCUT2D eigenvalue weighted by molar-refractivity contribution is 5.93. The lowest BCUT2D eigenvalue weighted by Gasteiger charge is -2.32. The zero-order valence-electron chi connectivity index (χ0n) is 11.2. The van der Waals surface area contributed by atoms with Gasteiger partial charge in [0.2, 0.25) is 0 Å². The van der Waals surface area contributed by atoms with Crippen molar-refractivity contribution in [2.75, 3.05) is 20.1 Å². The summed E-state index contributed by atoms with van der Waals surface area (Å²) < 4.78 is 0. The number of likely N-dealkylation sites (tertiary alicyclic amines) is 1. The maximum absolute atomic E-state index is 12.0. The van der Waals surface area contributed by atoms with Gasteiger partial charge in [-0.3, -0.25) is 4.79 Å². The first-order chi connectivity index (χ1) is 8.58. The van der Waals surface area contributed by atoms with Gasteiger partial charge < -0.3 is 10.2 Å². The van der Waals surface area contributed by atoms with Crippen LogP contribution < -0.4 is 5.32 Å². The molecule has 1 saturated heterocycles. The van der Waals surface area contributed by atoms with Gasteiger partial charge in [0, 0.05) is 6.04 Å². The number of piperidine rings is 1. The van der Waals surface area contributed by atoms with Gasteiger partial charge in [0.1, 0.15) is 0 Å². The van der Waals surface area contributed by atoms with Crippen LogP contribution in [0.5, 0.6) is 0 Å². The Morgan fingerprint density at radius 2 is 2.11 bits per heavy atom. The van der Waals surface area contributed by atoms with E-state index in [-0.39, 0.29) is 11.9 Å². The Labute approximate surface area is 107 Å². The van der Waals surface area contributed by atoms with Gasteiger partial charge in [-0.25, -0.2) is 0 Å². The van der Waals surface area contributed by atoms with Crippen molar-refractivity contribution < 1.29 is 4.79 Å². The molecule has 2 heterocycles. The summed E-state index contributed by atoms with van der Waals surface area (Å²) in [4.78, 5) is 14.3. The average molecular weight is 251 g/mol. The second-order valence-corrected chi connectivity index (χ2v) is 5.16. The molecule has 1 amide bonds. The summed E-state index contributed by atoms with van der Waals surface area (Å²) in [7, 11) is 2.14. The second-order valence-electron chi connectivity index (χ2n) is 5.16. The number of aryl methyl sites for hydroxylation is 1. The van der Waals surface area contributed by atoms with Crippen molar-refractivity contribution in [3.05, 3.63) is 11.4 Å². The number of carbonyl (C=O) groups excluding carboxylic acids is 1. The molecule has 0 radical (unpaired) electrons. The Bertz CT molecular complexity index is 408. The van der Waals surface area contributed by atoms with E-state index in [1.54, 1.807) is 6.92 Å². The van der Waals surface area contributed by atoms with Crippen molar-refractivity contribution >= 4 is 5.91 Å². The van der Waals surface area contributed by atoms with Gasteiger partial charge in [0.05, 0.1) is 5.69 Å². The zero-order valence-corrected chi connectivity index (χ0v) is 11.2. The number of aromatic nitrogens is 3. The smallest absolute Gasteiger partial charge is 0.273 e. The predicted molar refractivity (Wildman–Crippen MR) is 68.3 cm³/mol. The van der Waals surface area contributed by atoms with Crippen molar-refractivity contribution in [2.24, 2.45) is 5.92 Å². The van der Waals surface area contributed by atoms with Crippen LogP contribution in [0.2, 0.25) is 0 Å². The molecule has 1 aliphatic heterocycles. The van der Waals surface area contributed by atoms with E-state index in [1.807, 2.05) is 0 Å². The first-order valence-electron chi connectivity index (χ1n) is 6.44. The van der Waals surface area contributed by atoms with Gasteiger partial charge in [-0.05, 0) is 52.7 Å². The molecule has 1 fully saturated rings. The fraction of sp³-hybridized carbons (Fsp3) is 0.750. The van der Waals surface area contributed by atoms with E-state index in [1.165, 1.54) is 0 Å². The van der Waals surface area contributed by atoms with E-state index < -0.39 is 0 Å². The average Bonchev–Trinajstić information content (AvgIpc) is 2.76. The van der Waals surface area contributed by atoms with Gasteiger partial charge >= 0.3 is 0 Å². The van der Waals surface area contributed by atoms with E-state index in [2.05, 4.69) is 39.6 Å². The quantitative estimate of drug-likeness (QED) is 0.824. The van der Waals surface area contributed by atoms with Crippen molar-refractivity contribution in [1.82, 2.24) is 25.6 Å². The maximum atomic E-state index is 12.0. The van der Waals surface area contributed by atoms with Crippen LogP contribution in [0, 0.1) is 12.8 Å². The van der Waals surface area contributed by atoms with Crippen LogP contribution in [-0.4, -0.2) is 52.4 Å². The molecule has 2 N–H and O–H groups in total. The van der Waals surface area contributed by atoms with E-state index in [4.69, 9.17) is 0 Å². The normalized spacial score (nSPS) is 19.7. The fourth-order valence-corrected chi connectivity index (χ4v) is 2.42. The van der Waals surface area contributed by atoms with Crippen LogP contribution in [-0.2, 0) is 0 Å².